The van der Waals surface area contributed by atoms with Crippen LogP contribution in [0.2, 0.25) is 13.1 Å². The van der Waals surface area contributed by atoms with E-state index in [1.807, 2.05) is 12.3 Å². The van der Waals surface area contributed by atoms with Gasteiger partial charge in [-0.1, -0.05) is 55.4 Å². The summed E-state index contributed by atoms with van der Waals surface area (Å²) in [7, 11) is 0.339. The summed E-state index contributed by atoms with van der Waals surface area (Å²) in [6.07, 6.45) is 9.56. The quantitative estimate of drug-likeness (QED) is 0.282. The number of aromatic nitrogens is 2. The third kappa shape index (κ3) is 3.93. The van der Waals surface area contributed by atoms with Crippen LogP contribution >= 0.6 is 0 Å². The average Bonchev–Trinajstić information content (AvgIpc) is 3.36. The zero-order chi connectivity index (χ0) is 23.2. The molecule has 168 valence electrons. The molecule has 0 radical (unpaired) electrons. The lowest BCUT2D eigenvalue weighted by Crippen LogP contribution is -2.54. The van der Waals surface area contributed by atoms with E-state index >= 15 is 0 Å². The highest BCUT2D eigenvalue weighted by Gasteiger charge is 2.29. The van der Waals surface area contributed by atoms with Crippen LogP contribution in [0.1, 0.15) is 48.3 Å². The molecular formula is C30H35N2Si+. The molecule has 2 nitrogen and oxygen atoms in total. The highest BCUT2D eigenvalue weighted by Crippen LogP contribution is 2.38. The Bertz CT molecular complexity index is 1320. The fourth-order valence-electron chi connectivity index (χ4n) is 5.61. The maximum absolute atomic E-state index is 4.71. The molecule has 1 aliphatic rings. The van der Waals surface area contributed by atoms with Gasteiger partial charge in [-0.05, 0) is 78.9 Å². The molecule has 0 N–H and O–H groups in total. The number of pyridine rings is 2. The van der Waals surface area contributed by atoms with Crippen LogP contribution in [0.5, 0.6) is 0 Å². The molecule has 0 atom stereocenters. The van der Waals surface area contributed by atoms with Gasteiger partial charge in [-0.15, -0.1) is 0 Å². The first-order valence-corrected chi connectivity index (χ1v) is 15.3. The number of aryl methyl sites for hydroxylation is 2. The zero-order valence-corrected chi connectivity index (χ0v) is 21.7. The molecule has 0 saturated heterocycles. The molecule has 0 spiro atoms. The van der Waals surface area contributed by atoms with E-state index in [1.165, 1.54) is 74.9 Å². The van der Waals surface area contributed by atoms with E-state index in [-0.39, 0.29) is 0 Å². The highest BCUT2D eigenvalue weighted by atomic mass is 28.3. The van der Waals surface area contributed by atoms with E-state index in [9.17, 15) is 0 Å². The number of fused-ring (bicyclic) bond motifs is 1. The molecular weight excluding hydrogens is 416 g/mol. The number of rotatable bonds is 4. The Morgan fingerprint density at radius 3 is 2.45 bits per heavy atom. The first kappa shape index (κ1) is 22.0. The molecule has 0 bridgehead atoms. The molecule has 1 fully saturated rings. The van der Waals surface area contributed by atoms with E-state index in [0.717, 1.165) is 5.92 Å². The van der Waals surface area contributed by atoms with Crippen LogP contribution in [0.3, 0.4) is 0 Å². The van der Waals surface area contributed by atoms with Crippen molar-refractivity contribution in [2.75, 3.05) is 0 Å². The zero-order valence-electron chi connectivity index (χ0n) is 20.7. The van der Waals surface area contributed by atoms with E-state index in [4.69, 9.17) is 4.98 Å². The van der Waals surface area contributed by atoms with Crippen molar-refractivity contribution >= 4 is 29.4 Å². The standard InChI is InChI=1S/C30H35N2Si/c1-21-18-25(23-10-6-7-11-23)20-28(22(21)2)30-27-14-13-26(19-24(27)15-17-32(30)3)33(4,5)29-12-8-9-16-31-29/h8-9,12-20,23H,6-7,10-11H2,1-5H3/q+1. The van der Waals surface area contributed by atoms with Gasteiger partial charge in [0, 0.05) is 17.6 Å². The molecule has 2 aromatic carbocycles. The van der Waals surface area contributed by atoms with Gasteiger partial charge in [0.05, 0.1) is 10.9 Å². The van der Waals surface area contributed by atoms with Gasteiger partial charge in [0.25, 0.3) is 0 Å². The van der Waals surface area contributed by atoms with Crippen molar-refractivity contribution in [1.82, 2.24) is 4.98 Å². The third-order valence-corrected chi connectivity index (χ3v) is 11.3. The fraction of sp³-hybridized carbons (Fsp3) is 0.333. The van der Waals surface area contributed by atoms with Crippen molar-refractivity contribution < 1.29 is 4.57 Å². The normalized spacial score (nSPS) is 14.8. The molecule has 1 saturated carbocycles. The largest absolute Gasteiger partial charge is 0.266 e. The monoisotopic (exact) mass is 451 g/mol. The molecule has 3 heteroatoms. The molecule has 5 rings (SSSR count). The van der Waals surface area contributed by atoms with Gasteiger partial charge in [0.15, 0.2) is 6.20 Å². The van der Waals surface area contributed by atoms with Gasteiger partial charge in [0.2, 0.25) is 5.69 Å². The summed E-state index contributed by atoms with van der Waals surface area (Å²) >= 11 is 0. The van der Waals surface area contributed by atoms with Gasteiger partial charge in [-0.3, -0.25) is 4.98 Å². The molecule has 0 unspecified atom stereocenters. The summed E-state index contributed by atoms with van der Waals surface area (Å²) in [6, 6.07) is 20.6. The minimum absolute atomic E-state index is 0.722. The number of benzene rings is 2. The van der Waals surface area contributed by atoms with Crippen LogP contribution in [0.25, 0.3) is 22.0 Å². The van der Waals surface area contributed by atoms with Gasteiger partial charge in [0.1, 0.15) is 15.1 Å². The van der Waals surface area contributed by atoms with E-state index < -0.39 is 8.07 Å². The lowest BCUT2D eigenvalue weighted by atomic mass is 9.89. The molecule has 33 heavy (non-hydrogen) atoms. The van der Waals surface area contributed by atoms with Crippen LogP contribution in [0, 0.1) is 13.8 Å². The second-order valence-electron chi connectivity index (χ2n) is 10.4. The van der Waals surface area contributed by atoms with Gasteiger partial charge in [-0.25, -0.2) is 4.57 Å². The first-order valence-electron chi connectivity index (χ1n) is 12.3. The second-order valence-corrected chi connectivity index (χ2v) is 14.7. The van der Waals surface area contributed by atoms with Crippen LogP contribution in [0.4, 0.5) is 0 Å². The van der Waals surface area contributed by atoms with Crippen molar-refractivity contribution in [3.63, 3.8) is 0 Å². The summed E-state index contributed by atoms with van der Waals surface area (Å²) in [4.78, 5) is 4.71. The SMILES string of the molecule is Cc1cc(C2CCCC2)cc(-c2c3ccc([Si](C)(C)c4ccccn4)cc3cc[n+]2C)c1C. The minimum Gasteiger partial charge on any atom is -0.266 e. The smallest absolute Gasteiger partial charge is 0.220 e. The Morgan fingerprint density at radius 1 is 0.939 bits per heavy atom. The number of hydrogen-bond acceptors (Lipinski definition) is 1. The van der Waals surface area contributed by atoms with Crippen molar-refractivity contribution in [2.45, 2.75) is 58.5 Å². The molecule has 1 aliphatic carbocycles. The van der Waals surface area contributed by atoms with Crippen LogP contribution in [0.15, 0.2) is 67.0 Å². The van der Waals surface area contributed by atoms with E-state index in [1.54, 1.807) is 0 Å². The van der Waals surface area contributed by atoms with Gasteiger partial charge < -0.3 is 0 Å². The van der Waals surface area contributed by atoms with Crippen molar-refractivity contribution in [2.24, 2.45) is 7.05 Å². The lowest BCUT2D eigenvalue weighted by Gasteiger charge is -2.23. The Balaban J connectivity index is 1.67. The average molecular weight is 452 g/mol. The van der Waals surface area contributed by atoms with E-state index in [2.05, 4.69) is 93.3 Å². The summed E-state index contributed by atoms with van der Waals surface area (Å²) < 4.78 is 2.31. The molecule has 4 aromatic rings. The van der Waals surface area contributed by atoms with Gasteiger partial charge in [-0.2, -0.15) is 0 Å². The van der Waals surface area contributed by atoms with E-state index in [0.29, 0.717) is 0 Å². The molecule has 2 aromatic heterocycles. The molecule has 2 heterocycles. The maximum Gasteiger partial charge on any atom is 0.220 e. The Hall–Kier alpha value is -2.78. The van der Waals surface area contributed by atoms with Crippen LogP contribution in [-0.4, -0.2) is 13.1 Å². The Labute approximate surface area is 199 Å². The third-order valence-electron chi connectivity index (χ3n) is 7.94. The second kappa shape index (κ2) is 8.53. The first-order chi connectivity index (χ1) is 15.9. The van der Waals surface area contributed by atoms with Crippen molar-refractivity contribution in [3.8, 4) is 11.3 Å². The maximum atomic E-state index is 4.71. The topological polar surface area (TPSA) is 16.8 Å². The molecule has 0 amide bonds. The number of hydrogen-bond donors (Lipinski definition) is 0. The van der Waals surface area contributed by atoms with Gasteiger partial charge >= 0.3 is 0 Å². The summed E-state index contributed by atoms with van der Waals surface area (Å²) in [6.45, 7) is 9.37. The van der Waals surface area contributed by atoms with Crippen LogP contribution < -0.4 is 15.1 Å². The van der Waals surface area contributed by atoms with Crippen LogP contribution in [-0.2, 0) is 7.05 Å². The predicted octanol–water partition coefficient (Wildman–Crippen LogP) is 5.82. The predicted molar refractivity (Wildman–Crippen MR) is 142 cm³/mol. The fourth-order valence-corrected chi connectivity index (χ4v) is 7.83. The number of nitrogens with zero attached hydrogens (tertiary/aromatic N) is 2. The minimum atomic E-state index is -1.85. The highest BCUT2D eigenvalue weighted by molar-refractivity contribution is 7.00. The lowest BCUT2D eigenvalue weighted by molar-refractivity contribution is -0.659. The van der Waals surface area contributed by atoms with Crippen molar-refractivity contribution in [1.29, 1.82) is 0 Å². The molecule has 0 aliphatic heterocycles. The van der Waals surface area contributed by atoms with Crippen molar-refractivity contribution in [3.05, 3.63) is 83.7 Å². The summed E-state index contributed by atoms with van der Waals surface area (Å²) in [5.41, 5.74) is 7.05. The summed E-state index contributed by atoms with van der Waals surface area (Å²) in [5, 5.41) is 5.32. The summed E-state index contributed by atoms with van der Waals surface area (Å²) in [5.74, 6) is 0.722. The Morgan fingerprint density at radius 2 is 1.73 bits per heavy atom. The Kier molecular flexibility index (Phi) is 5.70.